The molecule has 3 rings (SSSR count). The van der Waals surface area contributed by atoms with E-state index in [1.165, 1.54) is 0 Å². The first-order valence-corrected chi connectivity index (χ1v) is 10.4. The van der Waals surface area contributed by atoms with Gasteiger partial charge < -0.3 is 14.4 Å². The summed E-state index contributed by atoms with van der Waals surface area (Å²) in [6.45, 7) is 5.75. The van der Waals surface area contributed by atoms with E-state index >= 15 is 0 Å². The molecule has 0 saturated heterocycles. The lowest BCUT2D eigenvalue weighted by Gasteiger charge is -2.18. The normalized spacial score (nSPS) is 10.6. The number of benzene rings is 2. The van der Waals surface area contributed by atoms with Crippen molar-refractivity contribution >= 4 is 5.91 Å². The summed E-state index contributed by atoms with van der Waals surface area (Å²) in [5.74, 6) is 1.21. The van der Waals surface area contributed by atoms with E-state index in [9.17, 15) is 4.79 Å². The van der Waals surface area contributed by atoms with Gasteiger partial charge in [0.05, 0.1) is 25.1 Å². The number of hydrogen-bond acceptors (Lipinski definition) is 4. The summed E-state index contributed by atoms with van der Waals surface area (Å²) >= 11 is 0. The zero-order chi connectivity index (χ0) is 21.3. The molecule has 0 aliphatic heterocycles. The summed E-state index contributed by atoms with van der Waals surface area (Å²) in [7, 11) is 1.79. The van der Waals surface area contributed by atoms with Crippen LogP contribution >= 0.6 is 0 Å². The van der Waals surface area contributed by atoms with Gasteiger partial charge in [0.1, 0.15) is 0 Å². The summed E-state index contributed by atoms with van der Waals surface area (Å²) in [5, 5.41) is 4.40. The largest absolute Gasteiger partial charge is 0.490 e. The number of carbonyl (C=O) groups excluding carboxylic acids is 1. The van der Waals surface area contributed by atoms with Gasteiger partial charge in [-0.15, -0.1) is 0 Å². The molecule has 1 aromatic heterocycles. The molecule has 0 fully saturated rings. The van der Waals surface area contributed by atoms with Crippen molar-refractivity contribution in [2.45, 2.75) is 33.2 Å². The molecule has 158 valence electrons. The number of carbonyl (C=O) groups is 1. The molecule has 0 N–H and O–H groups in total. The Kier molecular flexibility index (Phi) is 7.49. The van der Waals surface area contributed by atoms with Crippen molar-refractivity contribution in [3.8, 4) is 17.2 Å². The van der Waals surface area contributed by atoms with Gasteiger partial charge >= 0.3 is 0 Å². The van der Waals surface area contributed by atoms with Crippen LogP contribution in [0.2, 0.25) is 0 Å². The maximum Gasteiger partial charge on any atom is 0.254 e. The second-order valence-corrected chi connectivity index (χ2v) is 7.15. The maximum atomic E-state index is 13.0. The van der Waals surface area contributed by atoms with Crippen LogP contribution in [-0.4, -0.2) is 40.8 Å². The van der Waals surface area contributed by atoms with E-state index < -0.39 is 0 Å². The Hall–Kier alpha value is -3.28. The van der Waals surface area contributed by atoms with Gasteiger partial charge in [-0.3, -0.25) is 4.79 Å². The minimum atomic E-state index is -0.0779. The van der Waals surface area contributed by atoms with Crippen LogP contribution in [0.3, 0.4) is 0 Å². The lowest BCUT2D eigenvalue weighted by atomic mass is 10.1. The summed E-state index contributed by atoms with van der Waals surface area (Å²) in [6.07, 6.45) is 5.52. The van der Waals surface area contributed by atoms with E-state index in [0.717, 1.165) is 24.1 Å². The molecule has 0 radical (unpaired) electrons. The molecule has 6 nitrogen and oxygen atoms in total. The first-order valence-electron chi connectivity index (χ1n) is 10.4. The number of hydrogen-bond donors (Lipinski definition) is 0. The van der Waals surface area contributed by atoms with Crippen LogP contribution in [-0.2, 0) is 6.54 Å². The minimum absolute atomic E-state index is 0.0779. The average Bonchev–Trinajstić information content (AvgIpc) is 3.25. The third-order valence-corrected chi connectivity index (χ3v) is 4.54. The van der Waals surface area contributed by atoms with Crippen LogP contribution in [0.15, 0.2) is 60.9 Å². The first-order chi connectivity index (χ1) is 14.6. The zero-order valence-electron chi connectivity index (χ0n) is 17.9. The van der Waals surface area contributed by atoms with Crippen LogP contribution in [0.25, 0.3) is 5.69 Å². The molecule has 0 spiro atoms. The highest BCUT2D eigenvalue weighted by Crippen LogP contribution is 2.29. The number of rotatable bonds is 10. The quantitative estimate of drug-likeness (QED) is 0.488. The summed E-state index contributed by atoms with van der Waals surface area (Å²) < 4.78 is 13.4. The van der Waals surface area contributed by atoms with Crippen LogP contribution < -0.4 is 9.47 Å². The van der Waals surface area contributed by atoms with E-state index in [0.29, 0.717) is 36.8 Å². The number of para-hydroxylation sites is 1. The predicted octanol–water partition coefficient (Wildman–Crippen LogP) is 4.72. The second-order valence-electron chi connectivity index (χ2n) is 7.15. The number of ether oxygens (including phenoxy) is 2. The average molecular weight is 408 g/mol. The Morgan fingerprint density at radius 1 is 1.00 bits per heavy atom. The third kappa shape index (κ3) is 5.41. The molecule has 30 heavy (non-hydrogen) atoms. The van der Waals surface area contributed by atoms with Gasteiger partial charge in [-0.2, -0.15) is 5.10 Å². The van der Waals surface area contributed by atoms with Gasteiger partial charge in [-0.05, 0) is 43.2 Å². The van der Waals surface area contributed by atoms with E-state index in [1.807, 2.05) is 54.2 Å². The van der Waals surface area contributed by atoms with Crippen molar-refractivity contribution in [1.29, 1.82) is 0 Å². The Bertz CT molecular complexity index is 953. The number of aromatic nitrogens is 2. The lowest BCUT2D eigenvalue weighted by Crippen LogP contribution is -2.26. The van der Waals surface area contributed by atoms with Crippen LogP contribution in [0.1, 0.15) is 42.6 Å². The molecular weight excluding hydrogens is 378 g/mol. The number of amides is 1. The molecule has 2 aromatic carbocycles. The molecule has 3 aromatic rings. The maximum absolute atomic E-state index is 13.0. The van der Waals surface area contributed by atoms with Gasteiger partial charge in [0.25, 0.3) is 5.91 Å². The van der Waals surface area contributed by atoms with Gasteiger partial charge in [0, 0.05) is 30.9 Å². The van der Waals surface area contributed by atoms with E-state index in [4.69, 9.17) is 9.47 Å². The minimum Gasteiger partial charge on any atom is -0.490 e. The standard InChI is InChI=1S/C24H29N3O3/c1-4-13-29-22-12-11-20(15-23(22)30-14-5-2)24(28)26(3)17-19-16-25-27(18-19)21-9-7-6-8-10-21/h6-12,15-16,18H,4-5,13-14,17H2,1-3H3. The first kappa shape index (κ1) is 21.4. The number of nitrogens with zero attached hydrogens (tertiary/aromatic N) is 3. The highest BCUT2D eigenvalue weighted by atomic mass is 16.5. The third-order valence-electron chi connectivity index (χ3n) is 4.54. The molecule has 0 aliphatic rings. The molecule has 0 unspecified atom stereocenters. The lowest BCUT2D eigenvalue weighted by molar-refractivity contribution is 0.0784. The van der Waals surface area contributed by atoms with Crippen molar-refractivity contribution in [2.75, 3.05) is 20.3 Å². The topological polar surface area (TPSA) is 56.6 Å². The second kappa shape index (κ2) is 10.5. The van der Waals surface area contributed by atoms with Crippen molar-refractivity contribution in [2.24, 2.45) is 0 Å². The summed E-state index contributed by atoms with van der Waals surface area (Å²) in [4.78, 5) is 14.7. The molecule has 0 atom stereocenters. The molecule has 1 heterocycles. The zero-order valence-corrected chi connectivity index (χ0v) is 17.9. The summed E-state index contributed by atoms with van der Waals surface area (Å²) in [5.41, 5.74) is 2.51. The highest BCUT2D eigenvalue weighted by molar-refractivity contribution is 5.94. The van der Waals surface area contributed by atoms with Crippen LogP contribution in [0.5, 0.6) is 11.5 Å². The smallest absolute Gasteiger partial charge is 0.254 e. The Morgan fingerprint density at radius 2 is 1.70 bits per heavy atom. The van der Waals surface area contributed by atoms with E-state index in [1.54, 1.807) is 30.3 Å². The van der Waals surface area contributed by atoms with Crippen molar-refractivity contribution in [3.63, 3.8) is 0 Å². The van der Waals surface area contributed by atoms with Crippen LogP contribution in [0.4, 0.5) is 0 Å². The predicted molar refractivity (Wildman–Crippen MR) is 117 cm³/mol. The molecule has 1 amide bonds. The van der Waals surface area contributed by atoms with Gasteiger partial charge in [-0.25, -0.2) is 4.68 Å². The molecule has 0 aliphatic carbocycles. The van der Waals surface area contributed by atoms with Gasteiger partial charge in [0.2, 0.25) is 0 Å². The van der Waals surface area contributed by atoms with Crippen molar-refractivity contribution < 1.29 is 14.3 Å². The van der Waals surface area contributed by atoms with Crippen molar-refractivity contribution in [1.82, 2.24) is 14.7 Å². The monoisotopic (exact) mass is 407 g/mol. The van der Waals surface area contributed by atoms with E-state index in [2.05, 4.69) is 12.0 Å². The van der Waals surface area contributed by atoms with Gasteiger partial charge in [-0.1, -0.05) is 32.0 Å². The molecule has 0 bridgehead atoms. The molecular formula is C24H29N3O3. The Labute approximate surface area is 178 Å². The fourth-order valence-electron chi connectivity index (χ4n) is 3.03. The summed E-state index contributed by atoms with van der Waals surface area (Å²) in [6, 6.07) is 15.3. The van der Waals surface area contributed by atoms with Crippen molar-refractivity contribution in [3.05, 3.63) is 72.1 Å². The molecule has 0 saturated carbocycles. The fourth-order valence-corrected chi connectivity index (χ4v) is 3.03. The molecule has 6 heteroatoms. The van der Waals surface area contributed by atoms with Gasteiger partial charge in [0.15, 0.2) is 11.5 Å². The SMILES string of the molecule is CCCOc1ccc(C(=O)N(C)Cc2cnn(-c3ccccc3)c2)cc1OCCC. The Balaban J connectivity index is 1.71. The Morgan fingerprint density at radius 3 is 2.40 bits per heavy atom. The fraction of sp³-hybridized carbons (Fsp3) is 0.333. The van der Waals surface area contributed by atoms with Crippen LogP contribution in [0, 0.1) is 0 Å². The van der Waals surface area contributed by atoms with E-state index in [-0.39, 0.29) is 5.91 Å². The highest BCUT2D eigenvalue weighted by Gasteiger charge is 2.16.